The Kier molecular flexibility index (Phi) is 3.97. The van der Waals surface area contributed by atoms with Crippen LogP contribution in [0.2, 0.25) is 0 Å². The van der Waals surface area contributed by atoms with E-state index in [1.165, 1.54) is 11.3 Å². The van der Waals surface area contributed by atoms with Crippen molar-refractivity contribution in [3.8, 4) is 0 Å². The fraction of sp³-hybridized carbons (Fsp3) is 0.357. The Hall–Kier alpha value is -2.16. The lowest BCUT2D eigenvalue weighted by atomic mass is 10.3. The third-order valence-electron chi connectivity index (χ3n) is 3.17. The SMILES string of the molecule is Cc1csc(CCNc2nc(C(F)(F)F)nc3[nH]c(C)cc23)n1. The summed E-state index contributed by atoms with van der Waals surface area (Å²) in [7, 11) is 0. The number of fused-ring (bicyclic) bond motifs is 1. The predicted octanol–water partition coefficient (Wildman–Crippen LogP) is 3.70. The molecule has 3 aromatic heterocycles. The molecule has 5 nitrogen and oxygen atoms in total. The molecule has 9 heteroatoms. The van der Waals surface area contributed by atoms with Gasteiger partial charge in [0.2, 0.25) is 5.82 Å². The van der Waals surface area contributed by atoms with Crippen LogP contribution in [0.15, 0.2) is 11.4 Å². The highest BCUT2D eigenvalue weighted by Gasteiger charge is 2.35. The Bertz CT molecular complexity index is 837. The maximum atomic E-state index is 12.9. The number of thiazole rings is 1. The summed E-state index contributed by atoms with van der Waals surface area (Å²) in [6.45, 7) is 4.11. The average molecular weight is 341 g/mol. The first-order chi connectivity index (χ1) is 10.8. The molecule has 0 aliphatic rings. The first-order valence-electron chi connectivity index (χ1n) is 6.92. The first kappa shape index (κ1) is 15.7. The molecule has 0 spiro atoms. The van der Waals surface area contributed by atoms with Gasteiger partial charge in [0, 0.05) is 29.7 Å². The largest absolute Gasteiger partial charge is 0.451 e. The van der Waals surface area contributed by atoms with E-state index in [9.17, 15) is 13.2 Å². The average Bonchev–Trinajstić information content (AvgIpc) is 3.02. The minimum atomic E-state index is -4.59. The molecule has 3 aromatic rings. The van der Waals surface area contributed by atoms with Crippen LogP contribution >= 0.6 is 11.3 Å². The number of hydrogen-bond acceptors (Lipinski definition) is 5. The number of nitrogens with zero attached hydrogens (tertiary/aromatic N) is 3. The number of aromatic nitrogens is 4. The molecular formula is C14H14F3N5S. The number of aryl methyl sites for hydroxylation is 2. The van der Waals surface area contributed by atoms with Crippen molar-refractivity contribution in [2.45, 2.75) is 26.4 Å². The smallest absolute Gasteiger partial charge is 0.369 e. The van der Waals surface area contributed by atoms with Gasteiger partial charge in [0.15, 0.2) is 0 Å². The van der Waals surface area contributed by atoms with Gasteiger partial charge in [-0.05, 0) is 19.9 Å². The normalized spacial score (nSPS) is 12.0. The zero-order chi connectivity index (χ0) is 16.6. The standard InChI is InChI=1S/C14H14F3N5S/c1-7-5-9-11(18-4-3-10-19-8(2)6-23-10)21-13(14(15,16)17)22-12(9)20-7/h5-6H,3-4H2,1-2H3,(H2,18,20,21,22). The number of halogens is 3. The van der Waals surface area contributed by atoms with E-state index in [0.717, 1.165) is 16.4 Å². The predicted molar refractivity (Wildman–Crippen MR) is 82.7 cm³/mol. The van der Waals surface area contributed by atoms with Crippen LogP contribution in [-0.2, 0) is 12.6 Å². The van der Waals surface area contributed by atoms with Crippen LogP contribution in [0.4, 0.5) is 19.0 Å². The molecule has 0 saturated heterocycles. The summed E-state index contributed by atoms with van der Waals surface area (Å²) in [5.74, 6) is -0.973. The molecule has 3 heterocycles. The third kappa shape index (κ3) is 3.44. The van der Waals surface area contributed by atoms with Crippen molar-refractivity contribution in [1.29, 1.82) is 0 Å². The van der Waals surface area contributed by atoms with Crippen LogP contribution < -0.4 is 5.32 Å². The monoisotopic (exact) mass is 341 g/mol. The lowest BCUT2D eigenvalue weighted by molar-refractivity contribution is -0.144. The molecule has 0 bridgehead atoms. The van der Waals surface area contributed by atoms with Crippen molar-refractivity contribution in [3.63, 3.8) is 0 Å². The third-order valence-corrected chi connectivity index (χ3v) is 4.20. The molecule has 23 heavy (non-hydrogen) atoms. The van der Waals surface area contributed by atoms with Gasteiger partial charge >= 0.3 is 6.18 Å². The van der Waals surface area contributed by atoms with Gasteiger partial charge < -0.3 is 10.3 Å². The summed E-state index contributed by atoms with van der Waals surface area (Å²) in [5.41, 5.74) is 1.85. The Morgan fingerprint density at radius 3 is 2.65 bits per heavy atom. The molecule has 0 saturated carbocycles. The summed E-state index contributed by atoms with van der Waals surface area (Å²) >= 11 is 1.53. The summed E-state index contributed by atoms with van der Waals surface area (Å²) in [6, 6.07) is 1.73. The Balaban J connectivity index is 1.85. The van der Waals surface area contributed by atoms with Gasteiger partial charge in [-0.2, -0.15) is 13.2 Å². The molecule has 2 N–H and O–H groups in total. The Morgan fingerprint density at radius 2 is 2.00 bits per heavy atom. The van der Waals surface area contributed by atoms with Gasteiger partial charge in [0.25, 0.3) is 0 Å². The van der Waals surface area contributed by atoms with Crippen molar-refractivity contribution in [2.24, 2.45) is 0 Å². The van der Waals surface area contributed by atoms with Crippen LogP contribution in [0.5, 0.6) is 0 Å². The van der Waals surface area contributed by atoms with Crippen molar-refractivity contribution in [1.82, 2.24) is 19.9 Å². The molecule has 0 atom stereocenters. The minimum absolute atomic E-state index is 0.178. The van der Waals surface area contributed by atoms with Crippen LogP contribution in [0, 0.1) is 13.8 Å². The van der Waals surface area contributed by atoms with Gasteiger partial charge in [-0.15, -0.1) is 11.3 Å². The Morgan fingerprint density at radius 1 is 1.22 bits per heavy atom. The van der Waals surface area contributed by atoms with Crippen LogP contribution in [0.25, 0.3) is 11.0 Å². The summed E-state index contributed by atoms with van der Waals surface area (Å²) in [5, 5.41) is 6.39. The fourth-order valence-corrected chi connectivity index (χ4v) is 2.98. The molecule has 0 aliphatic heterocycles. The molecule has 122 valence electrons. The van der Waals surface area contributed by atoms with E-state index in [1.54, 1.807) is 13.0 Å². The van der Waals surface area contributed by atoms with Crippen molar-refractivity contribution >= 4 is 28.2 Å². The van der Waals surface area contributed by atoms with E-state index < -0.39 is 12.0 Å². The molecule has 0 fully saturated rings. The van der Waals surface area contributed by atoms with Crippen LogP contribution in [0.1, 0.15) is 22.2 Å². The quantitative estimate of drug-likeness (QED) is 0.759. The number of alkyl halides is 3. The van der Waals surface area contributed by atoms with Gasteiger partial charge in [0.1, 0.15) is 11.5 Å². The number of anilines is 1. The van der Waals surface area contributed by atoms with Gasteiger partial charge in [-0.25, -0.2) is 15.0 Å². The van der Waals surface area contributed by atoms with Crippen LogP contribution in [0.3, 0.4) is 0 Å². The number of hydrogen-bond donors (Lipinski definition) is 2. The van der Waals surface area contributed by atoms with Gasteiger partial charge in [-0.1, -0.05) is 0 Å². The second-order valence-electron chi connectivity index (χ2n) is 5.17. The highest BCUT2D eigenvalue weighted by atomic mass is 32.1. The lowest BCUT2D eigenvalue weighted by Gasteiger charge is -2.10. The maximum Gasteiger partial charge on any atom is 0.451 e. The lowest BCUT2D eigenvalue weighted by Crippen LogP contribution is -2.14. The van der Waals surface area contributed by atoms with Crippen molar-refractivity contribution < 1.29 is 13.2 Å². The Labute approximate surface area is 134 Å². The van der Waals surface area contributed by atoms with Gasteiger partial charge in [-0.3, -0.25) is 0 Å². The van der Waals surface area contributed by atoms with Crippen LogP contribution in [-0.4, -0.2) is 26.5 Å². The molecule has 0 unspecified atom stereocenters. The summed E-state index contributed by atoms with van der Waals surface area (Å²) < 4.78 is 38.8. The van der Waals surface area contributed by atoms with E-state index in [-0.39, 0.29) is 11.5 Å². The van der Waals surface area contributed by atoms with E-state index in [1.807, 2.05) is 12.3 Å². The highest BCUT2D eigenvalue weighted by Crippen LogP contribution is 2.30. The van der Waals surface area contributed by atoms with E-state index in [4.69, 9.17) is 0 Å². The second-order valence-corrected chi connectivity index (χ2v) is 6.11. The first-order valence-corrected chi connectivity index (χ1v) is 7.80. The summed E-state index contributed by atoms with van der Waals surface area (Å²) in [4.78, 5) is 14.3. The zero-order valence-electron chi connectivity index (χ0n) is 12.5. The number of rotatable bonds is 4. The second kappa shape index (κ2) is 5.80. The summed E-state index contributed by atoms with van der Waals surface area (Å²) in [6.07, 6.45) is -3.97. The zero-order valence-corrected chi connectivity index (χ0v) is 13.3. The molecule has 3 rings (SSSR count). The maximum absolute atomic E-state index is 12.9. The highest BCUT2D eigenvalue weighted by molar-refractivity contribution is 7.09. The van der Waals surface area contributed by atoms with E-state index in [0.29, 0.717) is 18.4 Å². The van der Waals surface area contributed by atoms with E-state index in [2.05, 4.69) is 25.3 Å². The molecule has 0 aromatic carbocycles. The minimum Gasteiger partial charge on any atom is -0.369 e. The molecule has 0 aliphatic carbocycles. The van der Waals surface area contributed by atoms with Crippen molar-refractivity contribution in [3.05, 3.63) is 33.7 Å². The number of H-pyrrole nitrogens is 1. The van der Waals surface area contributed by atoms with E-state index >= 15 is 0 Å². The fourth-order valence-electron chi connectivity index (χ4n) is 2.21. The molecular weight excluding hydrogens is 327 g/mol. The molecule has 0 amide bonds. The van der Waals surface area contributed by atoms with Gasteiger partial charge in [0.05, 0.1) is 10.4 Å². The molecule has 0 radical (unpaired) electrons. The topological polar surface area (TPSA) is 66.5 Å². The van der Waals surface area contributed by atoms with Crippen molar-refractivity contribution in [2.75, 3.05) is 11.9 Å². The number of aromatic amines is 1. The number of nitrogens with one attached hydrogen (secondary N) is 2.